The zero-order valence-electron chi connectivity index (χ0n) is 11.4. The number of hydrogen-bond donors (Lipinski definition) is 3. The molecule has 0 aliphatic carbocycles. The molecule has 1 saturated heterocycles. The van der Waals surface area contributed by atoms with Crippen LogP contribution in [0.2, 0.25) is 5.02 Å². The normalized spacial score (nSPS) is 19.6. The van der Waals surface area contributed by atoms with Crippen LogP contribution in [0.1, 0.15) is 19.3 Å². The summed E-state index contributed by atoms with van der Waals surface area (Å²) in [4.78, 5) is 0. The fourth-order valence-electron chi connectivity index (χ4n) is 2.25. The van der Waals surface area contributed by atoms with E-state index in [1.54, 1.807) is 12.1 Å². The van der Waals surface area contributed by atoms with Gasteiger partial charge in [-0.3, -0.25) is 4.72 Å². The fourth-order valence-corrected chi connectivity index (χ4v) is 3.11. The van der Waals surface area contributed by atoms with Crippen molar-refractivity contribution in [3.05, 3.63) is 23.2 Å². The molecule has 1 unspecified atom stereocenters. The lowest BCUT2D eigenvalue weighted by Crippen LogP contribution is -2.39. The molecule has 2 rings (SSSR count). The standard InChI is InChI=1S/C13H20ClN3O2S/c1-20(18,19)17-13-6-5-10(8-12(13)14)16-9-11-4-2-3-7-15-11/h5-6,8,11,15-17H,2-4,7,9H2,1H3. The van der Waals surface area contributed by atoms with Gasteiger partial charge in [-0.1, -0.05) is 18.0 Å². The lowest BCUT2D eigenvalue weighted by atomic mass is 10.1. The fraction of sp³-hybridized carbons (Fsp3) is 0.538. The second kappa shape index (κ2) is 6.65. The molecule has 7 heteroatoms. The van der Waals surface area contributed by atoms with Crippen LogP contribution in [-0.2, 0) is 10.0 Å². The van der Waals surface area contributed by atoms with Gasteiger partial charge in [0.2, 0.25) is 10.0 Å². The molecule has 1 fully saturated rings. The average Bonchev–Trinajstić information content (AvgIpc) is 2.39. The smallest absolute Gasteiger partial charge is 0.229 e. The number of benzene rings is 1. The number of piperidine rings is 1. The van der Waals surface area contributed by atoms with Crippen molar-refractivity contribution in [1.29, 1.82) is 0 Å². The van der Waals surface area contributed by atoms with Gasteiger partial charge in [0.1, 0.15) is 0 Å². The minimum Gasteiger partial charge on any atom is -0.383 e. The molecule has 112 valence electrons. The molecule has 1 aliphatic rings. The molecule has 1 heterocycles. The Kier molecular flexibility index (Phi) is 5.12. The molecule has 0 aromatic heterocycles. The summed E-state index contributed by atoms with van der Waals surface area (Å²) in [6.07, 6.45) is 4.78. The van der Waals surface area contributed by atoms with E-state index < -0.39 is 10.0 Å². The number of rotatable bonds is 5. The van der Waals surface area contributed by atoms with Gasteiger partial charge in [0.05, 0.1) is 17.0 Å². The molecule has 0 amide bonds. The van der Waals surface area contributed by atoms with Crippen LogP contribution in [-0.4, -0.2) is 33.8 Å². The third-order valence-electron chi connectivity index (χ3n) is 3.23. The van der Waals surface area contributed by atoms with E-state index in [1.165, 1.54) is 19.3 Å². The predicted octanol–water partition coefficient (Wildman–Crippen LogP) is 2.27. The van der Waals surface area contributed by atoms with Gasteiger partial charge in [0.15, 0.2) is 0 Å². The van der Waals surface area contributed by atoms with Crippen LogP contribution in [0, 0.1) is 0 Å². The monoisotopic (exact) mass is 317 g/mol. The first kappa shape index (κ1) is 15.4. The van der Waals surface area contributed by atoms with E-state index >= 15 is 0 Å². The molecular weight excluding hydrogens is 298 g/mol. The first-order chi connectivity index (χ1) is 9.44. The molecular formula is C13H20ClN3O2S. The quantitative estimate of drug-likeness (QED) is 0.779. The summed E-state index contributed by atoms with van der Waals surface area (Å²) in [7, 11) is -3.31. The van der Waals surface area contributed by atoms with Gasteiger partial charge in [-0.15, -0.1) is 0 Å². The van der Waals surface area contributed by atoms with Crippen molar-refractivity contribution >= 4 is 33.0 Å². The van der Waals surface area contributed by atoms with Crippen LogP contribution in [0.3, 0.4) is 0 Å². The van der Waals surface area contributed by atoms with Gasteiger partial charge >= 0.3 is 0 Å². The number of nitrogens with one attached hydrogen (secondary N) is 3. The summed E-state index contributed by atoms with van der Waals surface area (Å²) in [6, 6.07) is 5.71. The number of halogens is 1. The summed E-state index contributed by atoms with van der Waals surface area (Å²) in [6.45, 7) is 1.92. The molecule has 0 spiro atoms. The topological polar surface area (TPSA) is 70.2 Å². The van der Waals surface area contributed by atoms with Crippen LogP contribution in [0.4, 0.5) is 11.4 Å². The van der Waals surface area contributed by atoms with Crippen molar-refractivity contribution < 1.29 is 8.42 Å². The Morgan fingerprint density at radius 2 is 2.20 bits per heavy atom. The second-order valence-corrected chi connectivity index (χ2v) is 7.25. The molecule has 0 saturated carbocycles. The lowest BCUT2D eigenvalue weighted by Gasteiger charge is -2.24. The van der Waals surface area contributed by atoms with Crippen molar-refractivity contribution in [3.63, 3.8) is 0 Å². The highest BCUT2D eigenvalue weighted by atomic mass is 35.5. The van der Waals surface area contributed by atoms with E-state index in [-0.39, 0.29) is 0 Å². The van der Waals surface area contributed by atoms with E-state index in [9.17, 15) is 8.42 Å². The number of hydrogen-bond acceptors (Lipinski definition) is 4. The van der Waals surface area contributed by atoms with Crippen molar-refractivity contribution in [2.75, 3.05) is 29.4 Å². The molecule has 0 bridgehead atoms. The van der Waals surface area contributed by atoms with Crippen molar-refractivity contribution in [1.82, 2.24) is 5.32 Å². The molecule has 1 aromatic rings. The highest BCUT2D eigenvalue weighted by molar-refractivity contribution is 7.92. The van der Waals surface area contributed by atoms with Crippen molar-refractivity contribution in [2.45, 2.75) is 25.3 Å². The maximum atomic E-state index is 11.2. The maximum absolute atomic E-state index is 11.2. The number of anilines is 2. The molecule has 20 heavy (non-hydrogen) atoms. The molecule has 1 atom stereocenters. The molecule has 1 aromatic carbocycles. The van der Waals surface area contributed by atoms with Gasteiger partial charge in [0, 0.05) is 18.3 Å². The Balaban J connectivity index is 1.94. The van der Waals surface area contributed by atoms with E-state index in [2.05, 4.69) is 15.4 Å². The zero-order chi connectivity index (χ0) is 14.6. The van der Waals surface area contributed by atoms with Crippen LogP contribution in [0.5, 0.6) is 0 Å². The number of sulfonamides is 1. The summed E-state index contributed by atoms with van der Waals surface area (Å²) in [5.41, 5.74) is 1.29. The van der Waals surface area contributed by atoms with Crippen LogP contribution < -0.4 is 15.4 Å². The minimum absolute atomic E-state index is 0.386. The van der Waals surface area contributed by atoms with Gasteiger partial charge < -0.3 is 10.6 Å². The van der Waals surface area contributed by atoms with E-state index in [4.69, 9.17) is 11.6 Å². The second-order valence-electron chi connectivity index (χ2n) is 5.10. The van der Waals surface area contributed by atoms with E-state index in [0.29, 0.717) is 16.8 Å². The SMILES string of the molecule is CS(=O)(=O)Nc1ccc(NCC2CCCCN2)cc1Cl. The average molecular weight is 318 g/mol. The first-order valence-electron chi connectivity index (χ1n) is 6.69. The Bertz CT molecular complexity index is 557. The lowest BCUT2D eigenvalue weighted by molar-refractivity contribution is 0.414. The highest BCUT2D eigenvalue weighted by Gasteiger charge is 2.12. The van der Waals surface area contributed by atoms with E-state index in [1.807, 2.05) is 6.07 Å². The summed E-state index contributed by atoms with van der Waals surface area (Å²) >= 11 is 6.07. The molecule has 3 N–H and O–H groups in total. The summed E-state index contributed by atoms with van der Waals surface area (Å²) < 4.78 is 24.7. The largest absolute Gasteiger partial charge is 0.383 e. The molecule has 1 aliphatic heterocycles. The van der Waals surface area contributed by atoms with Crippen LogP contribution in [0.15, 0.2) is 18.2 Å². The Hall–Kier alpha value is -0.980. The summed E-state index contributed by atoms with van der Waals surface area (Å²) in [5, 5.41) is 7.17. The minimum atomic E-state index is -3.31. The molecule has 5 nitrogen and oxygen atoms in total. The van der Waals surface area contributed by atoms with Crippen molar-refractivity contribution in [2.24, 2.45) is 0 Å². The van der Waals surface area contributed by atoms with Gasteiger partial charge in [-0.25, -0.2) is 8.42 Å². The summed E-state index contributed by atoms with van der Waals surface area (Å²) in [5.74, 6) is 0. The Morgan fingerprint density at radius 1 is 1.40 bits per heavy atom. The van der Waals surface area contributed by atoms with E-state index in [0.717, 1.165) is 25.0 Å². The van der Waals surface area contributed by atoms with Gasteiger partial charge in [-0.05, 0) is 37.6 Å². The van der Waals surface area contributed by atoms with Crippen LogP contribution >= 0.6 is 11.6 Å². The zero-order valence-corrected chi connectivity index (χ0v) is 13.0. The Morgan fingerprint density at radius 3 is 2.80 bits per heavy atom. The third-order valence-corrected chi connectivity index (χ3v) is 4.13. The van der Waals surface area contributed by atoms with Crippen LogP contribution in [0.25, 0.3) is 0 Å². The highest BCUT2D eigenvalue weighted by Crippen LogP contribution is 2.26. The maximum Gasteiger partial charge on any atom is 0.229 e. The predicted molar refractivity (Wildman–Crippen MR) is 84.0 cm³/mol. The third kappa shape index (κ3) is 4.85. The van der Waals surface area contributed by atoms with Gasteiger partial charge in [0.25, 0.3) is 0 Å². The first-order valence-corrected chi connectivity index (χ1v) is 8.95. The molecule has 0 radical (unpaired) electrons. The Labute approximate surface area is 125 Å². The van der Waals surface area contributed by atoms with Gasteiger partial charge in [-0.2, -0.15) is 0 Å². The van der Waals surface area contributed by atoms with Crippen molar-refractivity contribution in [3.8, 4) is 0 Å².